The summed E-state index contributed by atoms with van der Waals surface area (Å²) in [6.45, 7) is 0.131. The fraction of sp³-hybridized carbons (Fsp3) is 0.333. The highest BCUT2D eigenvalue weighted by Crippen LogP contribution is 2.19. The van der Waals surface area contributed by atoms with Crippen molar-refractivity contribution in [3.05, 3.63) is 30.5 Å². The lowest BCUT2D eigenvalue weighted by Crippen LogP contribution is -2.22. The van der Waals surface area contributed by atoms with Gasteiger partial charge in [-0.2, -0.15) is 0 Å². The Morgan fingerprint density at radius 1 is 1.38 bits per heavy atom. The van der Waals surface area contributed by atoms with Crippen molar-refractivity contribution < 1.29 is 10.2 Å². The van der Waals surface area contributed by atoms with Gasteiger partial charge in [-0.25, -0.2) is 0 Å². The fourth-order valence-corrected chi connectivity index (χ4v) is 1.67. The van der Waals surface area contributed by atoms with Crippen molar-refractivity contribution in [2.75, 3.05) is 18.5 Å². The first-order valence-electron chi connectivity index (χ1n) is 5.28. The number of aliphatic hydroxyl groups is 2. The number of anilines is 1. The second kappa shape index (κ2) is 4.55. The van der Waals surface area contributed by atoms with Crippen molar-refractivity contribution in [3.8, 4) is 0 Å². The molecule has 0 aliphatic rings. The standard InChI is InChI=1S/C12H16N2O2/c1-14-5-4-9-2-3-10(6-12(9)14)13-7-11(16)8-15/h2-6,11,13,15-16H,7-8H2,1H3. The smallest absolute Gasteiger partial charge is 0.0942 e. The van der Waals surface area contributed by atoms with Crippen LogP contribution in [0.2, 0.25) is 0 Å². The Morgan fingerprint density at radius 3 is 2.94 bits per heavy atom. The van der Waals surface area contributed by atoms with E-state index in [1.807, 2.05) is 36.0 Å². The van der Waals surface area contributed by atoms with Gasteiger partial charge in [0.25, 0.3) is 0 Å². The molecule has 86 valence electrons. The second-order valence-electron chi connectivity index (χ2n) is 3.92. The van der Waals surface area contributed by atoms with Crippen molar-refractivity contribution >= 4 is 16.6 Å². The van der Waals surface area contributed by atoms with Crippen LogP contribution >= 0.6 is 0 Å². The predicted molar refractivity (Wildman–Crippen MR) is 64.5 cm³/mol. The first-order chi connectivity index (χ1) is 7.70. The Labute approximate surface area is 94.1 Å². The number of fused-ring (bicyclic) bond motifs is 1. The van der Waals surface area contributed by atoms with E-state index in [-0.39, 0.29) is 6.61 Å². The van der Waals surface area contributed by atoms with Crippen LogP contribution in [0, 0.1) is 0 Å². The maximum absolute atomic E-state index is 9.23. The number of hydrogen-bond donors (Lipinski definition) is 3. The van der Waals surface area contributed by atoms with E-state index in [0.29, 0.717) is 6.54 Å². The fourth-order valence-electron chi connectivity index (χ4n) is 1.67. The molecule has 0 aliphatic carbocycles. The monoisotopic (exact) mass is 220 g/mol. The van der Waals surface area contributed by atoms with Crippen LogP contribution in [0.25, 0.3) is 10.9 Å². The minimum Gasteiger partial charge on any atom is -0.394 e. The summed E-state index contributed by atoms with van der Waals surface area (Å²) in [6.07, 6.45) is 1.29. The molecule has 1 unspecified atom stereocenters. The van der Waals surface area contributed by atoms with Crippen LogP contribution in [0.15, 0.2) is 30.5 Å². The zero-order valence-corrected chi connectivity index (χ0v) is 9.22. The van der Waals surface area contributed by atoms with Crippen LogP contribution in [0.1, 0.15) is 0 Å². The predicted octanol–water partition coefficient (Wildman–Crippen LogP) is 0.943. The molecule has 1 aromatic carbocycles. The minimum absolute atomic E-state index is 0.223. The van der Waals surface area contributed by atoms with E-state index in [2.05, 4.69) is 11.4 Å². The number of aromatic nitrogens is 1. The lowest BCUT2D eigenvalue weighted by Gasteiger charge is -2.10. The molecule has 0 spiro atoms. The van der Waals surface area contributed by atoms with Gasteiger partial charge in [-0.05, 0) is 23.6 Å². The van der Waals surface area contributed by atoms with E-state index < -0.39 is 6.10 Å². The number of benzene rings is 1. The van der Waals surface area contributed by atoms with E-state index in [4.69, 9.17) is 5.11 Å². The zero-order chi connectivity index (χ0) is 11.5. The molecule has 0 bridgehead atoms. The van der Waals surface area contributed by atoms with Gasteiger partial charge in [0, 0.05) is 31.0 Å². The number of nitrogens with zero attached hydrogens (tertiary/aromatic N) is 1. The summed E-state index contributed by atoms with van der Waals surface area (Å²) >= 11 is 0. The Morgan fingerprint density at radius 2 is 2.19 bits per heavy atom. The largest absolute Gasteiger partial charge is 0.394 e. The van der Waals surface area contributed by atoms with Gasteiger partial charge in [-0.3, -0.25) is 0 Å². The molecule has 0 fully saturated rings. The Hall–Kier alpha value is -1.52. The molecule has 1 atom stereocenters. The molecule has 1 heterocycles. The highest BCUT2D eigenvalue weighted by Gasteiger charge is 2.03. The molecule has 2 rings (SSSR count). The summed E-state index contributed by atoms with van der Waals surface area (Å²) in [5.41, 5.74) is 2.09. The molecule has 4 heteroatoms. The van der Waals surface area contributed by atoms with Crippen molar-refractivity contribution in [2.45, 2.75) is 6.10 Å². The normalized spacial score (nSPS) is 12.9. The van der Waals surface area contributed by atoms with Gasteiger partial charge >= 0.3 is 0 Å². The summed E-state index contributed by atoms with van der Waals surface area (Å²) in [4.78, 5) is 0. The van der Waals surface area contributed by atoms with Crippen LogP contribution in [0.3, 0.4) is 0 Å². The van der Waals surface area contributed by atoms with Crippen molar-refractivity contribution in [2.24, 2.45) is 7.05 Å². The Bertz CT molecular complexity index is 479. The van der Waals surface area contributed by atoms with Gasteiger partial charge in [0.1, 0.15) is 0 Å². The van der Waals surface area contributed by atoms with Gasteiger partial charge in [0.2, 0.25) is 0 Å². The van der Waals surface area contributed by atoms with Crippen LogP contribution in [0.4, 0.5) is 5.69 Å². The lowest BCUT2D eigenvalue weighted by atomic mass is 10.2. The van der Waals surface area contributed by atoms with E-state index in [1.165, 1.54) is 5.39 Å². The molecule has 2 aromatic rings. The van der Waals surface area contributed by atoms with Gasteiger partial charge in [-0.1, -0.05) is 6.07 Å². The second-order valence-corrected chi connectivity index (χ2v) is 3.92. The third-order valence-electron chi connectivity index (χ3n) is 2.64. The molecular formula is C12H16N2O2. The third kappa shape index (κ3) is 2.18. The number of aryl methyl sites for hydroxylation is 1. The van der Waals surface area contributed by atoms with Gasteiger partial charge in [-0.15, -0.1) is 0 Å². The maximum Gasteiger partial charge on any atom is 0.0942 e. The van der Waals surface area contributed by atoms with Crippen molar-refractivity contribution in [1.29, 1.82) is 0 Å². The summed E-state index contributed by atoms with van der Waals surface area (Å²) in [6, 6.07) is 8.08. The average Bonchev–Trinajstić information content (AvgIpc) is 2.68. The molecule has 0 saturated carbocycles. The SMILES string of the molecule is Cn1ccc2ccc(NCC(O)CO)cc21. The minimum atomic E-state index is -0.718. The topological polar surface area (TPSA) is 57.4 Å². The quantitative estimate of drug-likeness (QED) is 0.719. The van der Waals surface area contributed by atoms with Crippen LogP contribution in [-0.4, -0.2) is 34.0 Å². The molecule has 0 aliphatic heterocycles. The van der Waals surface area contributed by atoms with Gasteiger partial charge in [0.15, 0.2) is 0 Å². The van der Waals surface area contributed by atoms with E-state index in [1.54, 1.807) is 0 Å². The number of aliphatic hydroxyl groups excluding tert-OH is 2. The van der Waals surface area contributed by atoms with Crippen LogP contribution < -0.4 is 5.32 Å². The van der Waals surface area contributed by atoms with Crippen molar-refractivity contribution in [3.63, 3.8) is 0 Å². The molecule has 0 saturated heterocycles. The number of hydrogen-bond acceptors (Lipinski definition) is 3. The summed E-state index contributed by atoms with van der Waals surface area (Å²) in [7, 11) is 1.99. The van der Waals surface area contributed by atoms with Gasteiger partial charge in [0.05, 0.1) is 12.7 Å². The average molecular weight is 220 g/mol. The highest BCUT2D eigenvalue weighted by molar-refractivity contribution is 5.83. The van der Waals surface area contributed by atoms with E-state index in [9.17, 15) is 5.11 Å². The summed E-state index contributed by atoms with van der Waals surface area (Å²) in [5, 5.41) is 22.2. The molecule has 0 radical (unpaired) electrons. The Kier molecular flexibility index (Phi) is 3.12. The lowest BCUT2D eigenvalue weighted by molar-refractivity contribution is 0.105. The molecule has 1 aromatic heterocycles. The van der Waals surface area contributed by atoms with Crippen LogP contribution in [-0.2, 0) is 7.05 Å². The molecular weight excluding hydrogens is 204 g/mol. The first kappa shape index (κ1) is 11.0. The maximum atomic E-state index is 9.23. The van der Waals surface area contributed by atoms with Gasteiger partial charge < -0.3 is 20.1 Å². The highest BCUT2D eigenvalue weighted by atomic mass is 16.3. The zero-order valence-electron chi connectivity index (χ0n) is 9.22. The third-order valence-corrected chi connectivity index (χ3v) is 2.64. The number of rotatable bonds is 4. The Balaban J connectivity index is 2.15. The van der Waals surface area contributed by atoms with Crippen LogP contribution in [0.5, 0.6) is 0 Å². The van der Waals surface area contributed by atoms with Crippen molar-refractivity contribution in [1.82, 2.24) is 4.57 Å². The molecule has 16 heavy (non-hydrogen) atoms. The summed E-state index contributed by atoms with van der Waals surface area (Å²) < 4.78 is 2.04. The number of nitrogens with one attached hydrogen (secondary N) is 1. The van der Waals surface area contributed by atoms with E-state index >= 15 is 0 Å². The van der Waals surface area contributed by atoms with E-state index in [0.717, 1.165) is 11.2 Å². The summed E-state index contributed by atoms with van der Waals surface area (Å²) in [5.74, 6) is 0. The molecule has 3 N–H and O–H groups in total. The first-order valence-corrected chi connectivity index (χ1v) is 5.28. The molecule has 4 nitrogen and oxygen atoms in total. The molecule has 0 amide bonds.